The number of aromatic nitrogens is 1. The van der Waals surface area contributed by atoms with Crippen LogP contribution in [-0.2, 0) is 28.5 Å². The van der Waals surface area contributed by atoms with Crippen molar-refractivity contribution in [2.45, 2.75) is 19.0 Å². The maximum absolute atomic E-state index is 12.5. The normalized spacial score (nSPS) is 11.5. The molecular formula is C16H16F3NO4. The summed E-state index contributed by atoms with van der Waals surface area (Å²) in [7, 11) is 1.49. The maximum Gasteiger partial charge on any atom is 0.416 e. The standard InChI is InChI=1S/C16H16F3NO4/c1-22-8-9-23-15(21)14-10-13(20-24-14)7-4-11-2-5-12(6-3-11)16(17,18)19/h2-3,5-6,10H,4,7-9H2,1H3. The van der Waals surface area contributed by atoms with E-state index < -0.39 is 17.7 Å². The second-order valence-electron chi connectivity index (χ2n) is 5.01. The highest BCUT2D eigenvalue weighted by Crippen LogP contribution is 2.29. The first-order valence-corrected chi connectivity index (χ1v) is 7.18. The summed E-state index contributed by atoms with van der Waals surface area (Å²) < 4.78 is 52.0. The summed E-state index contributed by atoms with van der Waals surface area (Å²) in [5.41, 5.74) is 0.567. The molecule has 8 heteroatoms. The van der Waals surface area contributed by atoms with Crippen molar-refractivity contribution in [3.63, 3.8) is 0 Å². The smallest absolute Gasteiger partial charge is 0.416 e. The van der Waals surface area contributed by atoms with Crippen LogP contribution in [0.15, 0.2) is 34.9 Å². The molecule has 0 aliphatic rings. The van der Waals surface area contributed by atoms with Gasteiger partial charge in [0.25, 0.3) is 0 Å². The summed E-state index contributed by atoms with van der Waals surface area (Å²) in [5, 5.41) is 3.75. The Morgan fingerprint density at radius 1 is 1.17 bits per heavy atom. The minimum Gasteiger partial charge on any atom is -0.457 e. The molecule has 0 N–H and O–H groups in total. The molecule has 130 valence electrons. The summed E-state index contributed by atoms with van der Waals surface area (Å²) >= 11 is 0. The summed E-state index contributed by atoms with van der Waals surface area (Å²) in [5.74, 6) is -0.658. The molecule has 24 heavy (non-hydrogen) atoms. The third-order valence-corrected chi connectivity index (χ3v) is 3.23. The van der Waals surface area contributed by atoms with Crippen molar-refractivity contribution in [1.82, 2.24) is 5.16 Å². The average Bonchev–Trinajstić information content (AvgIpc) is 3.02. The fraction of sp³-hybridized carbons (Fsp3) is 0.375. The number of carbonyl (C=O) groups is 1. The van der Waals surface area contributed by atoms with Gasteiger partial charge in [-0.2, -0.15) is 13.2 Å². The van der Waals surface area contributed by atoms with E-state index in [9.17, 15) is 18.0 Å². The van der Waals surface area contributed by atoms with E-state index in [4.69, 9.17) is 14.0 Å². The Balaban J connectivity index is 1.87. The van der Waals surface area contributed by atoms with Crippen LogP contribution in [0, 0.1) is 0 Å². The molecule has 0 atom stereocenters. The van der Waals surface area contributed by atoms with Gasteiger partial charge < -0.3 is 14.0 Å². The van der Waals surface area contributed by atoms with E-state index in [1.165, 1.54) is 25.3 Å². The highest BCUT2D eigenvalue weighted by Gasteiger charge is 2.29. The molecule has 2 aromatic rings. The minimum atomic E-state index is -4.34. The van der Waals surface area contributed by atoms with Crippen LogP contribution in [-0.4, -0.2) is 31.4 Å². The molecule has 1 aromatic carbocycles. The van der Waals surface area contributed by atoms with Gasteiger partial charge in [0.2, 0.25) is 5.76 Å². The number of ether oxygens (including phenoxy) is 2. The Hall–Kier alpha value is -2.35. The largest absolute Gasteiger partial charge is 0.457 e. The lowest BCUT2D eigenvalue weighted by molar-refractivity contribution is -0.137. The zero-order valence-corrected chi connectivity index (χ0v) is 12.9. The van der Waals surface area contributed by atoms with Gasteiger partial charge >= 0.3 is 12.1 Å². The average molecular weight is 343 g/mol. The van der Waals surface area contributed by atoms with Crippen LogP contribution in [0.4, 0.5) is 13.2 Å². The number of nitrogens with zero attached hydrogens (tertiary/aromatic N) is 1. The van der Waals surface area contributed by atoms with Gasteiger partial charge in [-0.1, -0.05) is 17.3 Å². The SMILES string of the molecule is COCCOC(=O)c1cc(CCc2ccc(C(F)(F)F)cc2)no1. The Bertz CT molecular complexity index is 665. The lowest BCUT2D eigenvalue weighted by atomic mass is 10.1. The quantitative estimate of drug-likeness (QED) is 0.570. The Labute approximate surface area is 136 Å². The molecule has 1 aromatic heterocycles. The predicted molar refractivity (Wildman–Crippen MR) is 77.5 cm³/mol. The molecule has 0 aliphatic heterocycles. The topological polar surface area (TPSA) is 61.6 Å². The zero-order valence-electron chi connectivity index (χ0n) is 12.9. The van der Waals surface area contributed by atoms with Gasteiger partial charge in [-0.15, -0.1) is 0 Å². The number of hydrogen-bond donors (Lipinski definition) is 0. The number of aryl methyl sites for hydroxylation is 2. The van der Waals surface area contributed by atoms with E-state index in [0.29, 0.717) is 18.5 Å². The van der Waals surface area contributed by atoms with Crippen LogP contribution in [0.2, 0.25) is 0 Å². The number of benzene rings is 1. The minimum absolute atomic E-state index is 0.0199. The lowest BCUT2D eigenvalue weighted by Crippen LogP contribution is -2.09. The number of alkyl halides is 3. The Morgan fingerprint density at radius 3 is 2.50 bits per heavy atom. The van der Waals surface area contributed by atoms with Gasteiger partial charge in [-0.05, 0) is 30.5 Å². The molecule has 0 amide bonds. The van der Waals surface area contributed by atoms with E-state index in [1.807, 2.05) is 0 Å². The third-order valence-electron chi connectivity index (χ3n) is 3.23. The van der Waals surface area contributed by atoms with Gasteiger partial charge in [0, 0.05) is 13.2 Å². The molecule has 0 radical (unpaired) electrons. The number of rotatable bonds is 7. The van der Waals surface area contributed by atoms with Crippen LogP contribution in [0.3, 0.4) is 0 Å². The fourth-order valence-corrected chi connectivity index (χ4v) is 1.95. The third kappa shape index (κ3) is 5.09. The highest BCUT2D eigenvalue weighted by atomic mass is 19.4. The lowest BCUT2D eigenvalue weighted by Gasteiger charge is -2.07. The molecule has 5 nitrogen and oxygen atoms in total. The van der Waals surface area contributed by atoms with Gasteiger partial charge in [0.15, 0.2) is 0 Å². The van der Waals surface area contributed by atoms with Crippen molar-refractivity contribution in [1.29, 1.82) is 0 Å². The summed E-state index contributed by atoms with van der Waals surface area (Å²) in [6, 6.07) is 6.37. The van der Waals surface area contributed by atoms with Crippen molar-refractivity contribution < 1.29 is 32.0 Å². The summed E-state index contributed by atoms with van der Waals surface area (Å²) in [6.45, 7) is 0.386. The molecule has 0 aliphatic carbocycles. The van der Waals surface area contributed by atoms with Crippen LogP contribution in [0.1, 0.15) is 27.4 Å². The fourth-order valence-electron chi connectivity index (χ4n) is 1.95. The molecule has 2 rings (SSSR count). The molecule has 0 unspecified atom stereocenters. The van der Waals surface area contributed by atoms with Crippen LogP contribution in [0.25, 0.3) is 0 Å². The molecule has 0 bridgehead atoms. The number of halogens is 3. The maximum atomic E-state index is 12.5. The summed E-state index contributed by atoms with van der Waals surface area (Å²) in [6.07, 6.45) is -3.44. The number of carbonyl (C=O) groups excluding carboxylic acids is 1. The van der Waals surface area contributed by atoms with E-state index in [0.717, 1.165) is 17.7 Å². The van der Waals surface area contributed by atoms with Gasteiger partial charge in [0.05, 0.1) is 17.9 Å². The molecule has 0 fully saturated rings. The zero-order chi connectivity index (χ0) is 17.6. The highest BCUT2D eigenvalue weighted by molar-refractivity contribution is 5.86. The van der Waals surface area contributed by atoms with Crippen molar-refractivity contribution >= 4 is 5.97 Å². The number of methoxy groups -OCH3 is 1. The van der Waals surface area contributed by atoms with Crippen molar-refractivity contribution in [2.75, 3.05) is 20.3 Å². The molecular weight excluding hydrogens is 327 g/mol. The van der Waals surface area contributed by atoms with Crippen LogP contribution < -0.4 is 0 Å². The first kappa shape index (κ1) is 18.0. The van der Waals surface area contributed by atoms with Crippen molar-refractivity contribution in [3.8, 4) is 0 Å². The summed E-state index contributed by atoms with van der Waals surface area (Å²) in [4.78, 5) is 11.6. The Kier molecular flexibility index (Phi) is 5.97. The van der Waals surface area contributed by atoms with Crippen molar-refractivity contribution in [2.24, 2.45) is 0 Å². The van der Waals surface area contributed by atoms with E-state index in [1.54, 1.807) is 0 Å². The molecule has 1 heterocycles. The monoisotopic (exact) mass is 343 g/mol. The van der Waals surface area contributed by atoms with E-state index in [-0.39, 0.29) is 19.0 Å². The number of esters is 1. The van der Waals surface area contributed by atoms with Crippen LogP contribution in [0.5, 0.6) is 0 Å². The first-order valence-electron chi connectivity index (χ1n) is 7.18. The first-order chi connectivity index (χ1) is 11.4. The van der Waals surface area contributed by atoms with E-state index in [2.05, 4.69) is 5.16 Å². The number of hydrogen-bond acceptors (Lipinski definition) is 5. The second kappa shape index (κ2) is 7.96. The van der Waals surface area contributed by atoms with Gasteiger partial charge in [-0.25, -0.2) is 4.79 Å². The Morgan fingerprint density at radius 2 is 1.88 bits per heavy atom. The van der Waals surface area contributed by atoms with Crippen LogP contribution >= 0.6 is 0 Å². The van der Waals surface area contributed by atoms with Crippen molar-refractivity contribution in [3.05, 3.63) is 52.9 Å². The predicted octanol–water partition coefficient (Wildman–Crippen LogP) is 3.28. The van der Waals surface area contributed by atoms with Gasteiger partial charge in [0.1, 0.15) is 6.61 Å². The second-order valence-corrected chi connectivity index (χ2v) is 5.01. The van der Waals surface area contributed by atoms with Gasteiger partial charge in [-0.3, -0.25) is 0 Å². The molecule has 0 saturated carbocycles. The molecule has 0 spiro atoms. The molecule has 0 saturated heterocycles. The van der Waals surface area contributed by atoms with E-state index >= 15 is 0 Å².